The summed E-state index contributed by atoms with van der Waals surface area (Å²) in [4.78, 5) is 18.0. The van der Waals surface area contributed by atoms with Crippen LogP contribution in [0.2, 0.25) is 0 Å². The lowest BCUT2D eigenvalue weighted by Crippen LogP contribution is -2.25. The summed E-state index contributed by atoms with van der Waals surface area (Å²) in [7, 11) is 0. The van der Waals surface area contributed by atoms with Gasteiger partial charge in [0.2, 0.25) is 11.7 Å². The Balaban J connectivity index is 1.22. The molecule has 0 fully saturated rings. The third-order valence-corrected chi connectivity index (χ3v) is 6.52. The Morgan fingerprint density at radius 3 is 2.29 bits per heavy atom. The molecule has 0 aliphatic carbocycles. The maximum Gasteiger partial charge on any atom is 0.236 e. The summed E-state index contributed by atoms with van der Waals surface area (Å²) in [5.74, 6) is 1.31. The van der Waals surface area contributed by atoms with E-state index in [1.54, 1.807) is 10.7 Å². The third kappa shape index (κ3) is 3.75. The maximum atomic E-state index is 13.7. The summed E-state index contributed by atoms with van der Waals surface area (Å²) < 4.78 is 7.73. The van der Waals surface area contributed by atoms with Gasteiger partial charge in [-0.1, -0.05) is 54.6 Å². The van der Waals surface area contributed by atoms with Crippen molar-refractivity contribution in [1.82, 2.24) is 24.8 Å². The second-order valence-corrected chi connectivity index (χ2v) is 8.91. The minimum absolute atomic E-state index is 0.134. The van der Waals surface area contributed by atoms with Gasteiger partial charge in [0.1, 0.15) is 17.2 Å². The van der Waals surface area contributed by atoms with Gasteiger partial charge < -0.3 is 10.1 Å². The minimum Gasteiger partial charge on any atom is -0.457 e. The molecule has 38 heavy (non-hydrogen) atoms. The molecule has 182 valence electrons. The number of nitrogens with one attached hydrogen (secondary N) is 1. The van der Waals surface area contributed by atoms with Crippen molar-refractivity contribution < 1.29 is 9.53 Å². The second kappa shape index (κ2) is 8.94. The number of fused-ring (bicyclic) bond motifs is 3. The molecule has 0 bridgehead atoms. The van der Waals surface area contributed by atoms with E-state index in [-0.39, 0.29) is 5.91 Å². The Kier molecular flexibility index (Phi) is 5.14. The van der Waals surface area contributed by atoms with Crippen molar-refractivity contribution in [3.05, 3.63) is 120 Å². The first kappa shape index (κ1) is 21.9. The van der Waals surface area contributed by atoms with Crippen LogP contribution in [0.1, 0.15) is 17.0 Å². The summed E-state index contributed by atoms with van der Waals surface area (Å²) in [6, 6.07) is 32.3. The smallest absolute Gasteiger partial charge is 0.236 e. The van der Waals surface area contributed by atoms with E-state index in [1.807, 2.05) is 103 Å². The molecule has 3 aromatic heterocycles. The number of hydrogen-bond acceptors (Lipinski definition) is 6. The Morgan fingerprint density at radius 1 is 0.763 bits per heavy atom. The van der Waals surface area contributed by atoms with E-state index in [0.717, 1.165) is 16.7 Å². The van der Waals surface area contributed by atoms with Crippen LogP contribution in [0.5, 0.6) is 11.5 Å². The van der Waals surface area contributed by atoms with Gasteiger partial charge in [-0.05, 0) is 48.5 Å². The van der Waals surface area contributed by atoms with Crippen LogP contribution < -0.4 is 10.1 Å². The lowest BCUT2D eigenvalue weighted by atomic mass is 9.87. The molecular formula is C30H20N6O2. The third-order valence-electron chi connectivity index (χ3n) is 6.52. The lowest BCUT2D eigenvalue weighted by molar-refractivity contribution is -0.116. The monoisotopic (exact) mass is 496 g/mol. The predicted molar refractivity (Wildman–Crippen MR) is 143 cm³/mol. The van der Waals surface area contributed by atoms with E-state index in [4.69, 9.17) is 9.84 Å². The van der Waals surface area contributed by atoms with Gasteiger partial charge in [-0.25, -0.2) is 0 Å². The fraction of sp³-hybridized carbons (Fsp3) is 0.0333. The van der Waals surface area contributed by atoms with Crippen molar-refractivity contribution in [2.45, 2.75) is 5.92 Å². The summed E-state index contributed by atoms with van der Waals surface area (Å²) in [5.41, 5.74) is 5.21. The van der Waals surface area contributed by atoms with Crippen LogP contribution in [-0.4, -0.2) is 30.7 Å². The fourth-order valence-corrected chi connectivity index (χ4v) is 4.76. The number of benzene rings is 3. The van der Waals surface area contributed by atoms with Crippen molar-refractivity contribution in [3.63, 3.8) is 0 Å². The Labute approximate surface area is 217 Å². The number of para-hydroxylation sites is 2. The molecule has 0 radical (unpaired) electrons. The molecule has 8 heteroatoms. The van der Waals surface area contributed by atoms with Crippen LogP contribution in [0.3, 0.4) is 0 Å². The van der Waals surface area contributed by atoms with Gasteiger partial charge in [-0.3, -0.25) is 9.78 Å². The number of nitrogens with zero attached hydrogens (tertiary/aromatic N) is 5. The van der Waals surface area contributed by atoms with Crippen LogP contribution in [0.25, 0.3) is 28.4 Å². The van der Waals surface area contributed by atoms with Crippen molar-refractivity contribution in [2.24, 2.45) is 0 Å². The molecular weight excluding hydrogens is 476 g/mol. The van der Waals surface area contributed by atoms with Gasteiger partial charge in [0.25, 0.3) is 0 Å². The van der Waals surface area contributed by atoms with Crippen molar-refractivity contribution in [3.8, 4) is 34.3 Å². The second-order valence-electron chi connectivity index (χ2n) is 8.91. The van der Waals surface area contributed by atoms with E-state index in [1.165, 1.54) is 0 Å². The number of aromatic nitrogens is 5. The summed E-state index contributed by atoms with van der Waals surface area (Å²) in [5, 5.41) is 16.4. The Hall–Kier alpha value is -5.37. The highest BCUT2D eigenvalue weighted by molar-refractivity contribution is 6.00. The van der Waals surface area contributed by atoms with Gasteiger partial charge in [-0.2, -0.15) is 9.61 Å². The van der Waals surface area contributed by atoms with E-state index < -0.39 is 5.92 Å². The van der Waals surface area contributed by atoms with E-state index in [0.29, 0.717) is 40.0 Å². The lowest BCUT2D eigenvalue weighted by Gasteiger charge is -2.27. The SMILES string of the molecule is O=C(Nc1cccc(-c2ccc3nnc(-c4ccccn4)n3n2)c1)C1c2ccccc2Oc2ccccc21. The average molecular weight is 497 g/mol. The average Bonchev–Trinajstić information content (AvgIpc) is 3.40. The van der Waals surface area contributed by atoms with Crippen molar-refractivity contribution in [2.75, 3.05) is 5.32 Å². The molecule has 4 heterocycles. The molecule has 0 saturated carbocycles. The van der Waals surface area contributed by atoms with Crippen LogP contribution in [-0.2, 0) is 4.79 Å². The van der Waals surface area contributed by atoms with Crippen LogP contribution in [0.15, 0.2) is 109 Å². The fourth-order valence-electron chi connectivity index (χ4n) is 4.76. The quantitative estimate of drug-likeness (QED) is 0.335. The number of pyridine rings is 1. The van der Waals surface area contributed by atoms with Crippen molar-refractivity contribution >= 4 is 17.2 Å². The predicted octanol–water partition coefficient (Wildman–Crippen LogP) is 5.73. The molecule has 0 spiro atoms. The first-order valence-corrected chi connectivity index (χ1v) is 12.2. The molecule has 0 unspecified atom stereocenters. The molecule has 0 saturated heterocycles. The first-order valence-electron chi connectivity index (χ1n) is 12.2. The normalized spacial score (nSPS) is 12.4. The number of ether oxygens (including phenoxy) is 1. The molecule has 3 aromatic carbocycles. The van der Waals surface area contributed by atoms with Gasteiger partial charge in [-0.15, -0.1) is 10.2 Å². The highest BCUT2D eigenvalue weighted by Crippen LogP contribution is 2.44. The van der Waals surface area contributed by atoms with Crippen LogP contribution in [0, 0.1) is 0 Å². The zero-order valence-electron chi connectivity index (χ0n) is 20.0. The van der Waals surface area contributed by atoms with Gasteiger partial charge in [0, 0.05) is 28.6 Å². The topological polar surface area (TPSA) is 94.3 Å². The molecule has 0 atom stereocenters. The van der Waals surface area contributed by atoms with Crippen LogP contribution in [0.4, 0.5) is 5.69 Å². The minimum atomic E-state index is -0.493. The maximum absolute atomic E-state index is 13.7. The van der Waals surface area contributed by atoms with Gasteiger partial charge in [0.05, 0.1) is 11.6 Å². The number of hydrogen-bond donors (Lipinski definition) is 1. The molecule has 8 nitrogen and oxygen atoms in total. The highest BCUT2D eigenvalue weighted by Gasteiger charge is 2.32. The molecule has 1 aliphatic rings. The summed E-state index contributed by atoms with van der Waals surface area (Å²) in [6.45, 7) is 0. The number of rotatable bonds is 4. The van der Waals surface area contributed by atoms with Crippen LogP contribution >= 0.6 is 0 Å². The van der Waals surface area contributed by atoms with Gasteiger partial charge in [0.15, 0.2) is 5.65 Å². The summed E-state index contributed by atoms with van der Waals surface area (Å²) >= 11 is 0. The molecule has 1 aliphatic heterocycles. The number of amides is 1. The van der Waals surface area contributed by atoms with E-state index in [2.05, 4.69) is 20.5 Å². The zero-order chi connectivity index (χ0) is 25.5. The van der Waals surface area contributed by atoms with Gasteiger partial charge >= 0.3 is 0 Å². The first-order chi connectivity index (χ1) is 18.7. The Morgan fingerprint density at radius 2 is 1.53 bits per heavy atom. The molecule has 1 amide bonds. The van der Waals surface area contributed by atoms with E-state index >= 15 is 0 Å². The number of carbonyl (C=O) groups excluding carboxylic acids is 1. The number of carbonyl (C=O) groups is 1. The Bertz CT molecular complexity index is 1770. The van der Waals surface area contributed by atoms with E-state index in [9.17, 15) is 4.79 Å². The standard InChI is InChI=1S/C30H20N6O2/c37-30(28-21-10-1-3-13-25(21)38-26-14-4-2-11-22(26)28)32-20-9-7-8-19(18-20)23-15-16-27-33-34-29(36(27)35-23)24-12-5-6-17-31-24/h1-18,28H,(H,32,37). The zero-order valence-corrected chi connectivity index (χ0v) is 20.0. The molecule has 6 aromatic rings. The van der Waals surface area contributed by atoms with Crippen molar-refractivity contribution in [1.29, 1.82) is 0 Å². The highest BCUT2D eigenvalue weighted by atomic mass is 16.5. The molecule has 7 rings (SSSR count). The molecule has 1 N–H and O–H groups in total. The largest absolute Gasteiger partial charge is 0.457 e. The number of anilines is 1. The summed E-state index contributed by atoms with van der Waals surface area (Å²) in [6.07, 6.45) is 1.71.